The molecule has 4 rings (SSSR count). The predicted octanol–water partition coefficient (Wildman–Crippen LogP) is 3.14. The van der Waals surface area contributed by atoms with Gasteiger partial charge in [0.2, 0.25) is 0 Å². The Kier molecular flexibility index (Phi) is 6.77. The normalized spacial score (nSPS) is 14.4. The molecule has 0 spiro atoms. The largest absolute Gasteiger partial charge is 0.384 e. The molecule has 0 aliphatic carbocycles. The van der Waals surface area contributed by atoms with Crippen molar-refractivity contribution >= 4 is 28.2 Å². The molecular formula is C21H28FN7. The van der Waals surface area contributed by atoms with Crippen LogP contribution in [0.2, 0.25) is 0 Å². The summed E-state index contributed by atoms with van der Waals surface area (Å²) in [5.41, 5.74) is 7.84. The second-order valence-electron chi connectivity index (χ2n) is 6.62. The number of rotatable bonds is 4. The summed E-state index contributed by atoms with van der Waals surface area (Å²) in [5.74, 6) is 0.876. The van der Waals surface area contributed by atoms with Gasteiger partial charge in [0.25, 0.3) is 0 Å². The first-order valence-corrected chi connectivity index (χ1v) is 9.94. The lowest BCUT2D eigenvalue weighted by Gasteiger charge is -2.36. The van der Waals surface area contributed by atoms with E-state index in [1.165, 1.54) is 6.33 Å². The first kappa shape index (κ1) is 20.7. The molecule has 0 amide bonds. The van der Waals surface area contributed by atoms with Gasteiger partial charge in [-0.3, -0.25) is 4.90 Å². The maximum atomic E-state index is 15.1. The molecule has 1 saturated heterocycles. The fourth-order valence-electron chi connectivity index (χ4n) is 3.53. The number of nitrogens with two attached hydrogens (primary N) is 1. The highest BCUT2D eigenvalue weighted by atomic mass is 19.1. The maximum Gasteiger partial charge on any atom is 0.172 e. The van der Waals surface area contributed by atoms with Crippen molar-refractivity contribution in [2.45, 2.75) is 20.4 Å². The van der Waals surface area contributed by atoms with Gasteiger partial charge in [-0.15, -0.1) is 0 Å². The molecule has 1 aliphatic rings. The van der Waals surface area contributed by atoms with E-state index >= 15 is 4.39 Å². The van der Waals surface area contributed by atoms with Crippen LogP contribution >= 0.6 is 0 Å². The number of benzene rings is 1. The number of anilines is 3. The molecule has 1 aliphatic heterocycles. The zero-order chi connectivity index (χ0) is 20.8. The number of halogens is 1. The molecule has 0 atom stereocenters. The van der Waals surface area contributed by atoms with Crippen LogP contribution in [0.1, 0.15) is 19.4 Å². The SMILES string of the molecule is CC.CNc1ncnc2c(F)c(N3CCN(Cc4ccnc(N)c4)CC3)ccc12. The van der Waals surface area contributed by atoms with Gasteiger partial charge in [-0.1, -0.05) is 13.8 Å². The Morgan fingerprint density at radius 2 is 1.83 bits per heavy atom. The van der Waals surface area contributed by atoms with Gasteiger partial charge in [0.1, 0.15) is 23.5 Å². The van der Waals surface area contributed by atoms with Crippen LogP contribution in [0, 0.1) is 5.82 Å². The first-order valence-electron chi connectivity index (χ1n) is 9.94. The summed E-state index contributed by atoms with van der Waals surface area (Å²) in [6.45, 7) is 8.04. The van der Waals surface area contributed by atoms with Crippen molar-refractivity contribution in [2.75, 3.05) is 49.2 Å². The number of pyridine rings is 1. The third-order valence-electron chi connectivity index (χ3n) is 4.93. The molecule has 0 bridgehead atoms. The van der Waals surface area contributed by atoms with E-state index in [9.17, 15) is 0 Å². The van der Waals surface area contributed by atoms with E-state index < -0.39 is 0 Å². The maximum absolute atomic E-state index is 15.1. The minimum Gasteiger partial charge on any atom is -0.384 e. The fraction of sp³-hybridized carbons (Fsp3) is 0.381. The van der Waals surface area contributed by atoms with Gasteiger partial charge in [-0.05, 0) is 29.8 Å². The highest BCUT2D eigenvalue weighted by Crippen LogP contribution is 2.29. The second kappa shape index (κ2) is 9.47. The molecule has 0 unspecified atom stereocenters. The van der Waals surface area contributed by atoms with Crippen LogP contribution in [0.3, 0.4) is 0 Å². The van der Waals surface area contributed by atoms with Crippen LogP contribution in [-0.4, -0.2) is 53.1 Å². The predicted molar refractivity (Wildman–Crippen MR) is 117 cm³/mol. The lowest BCUT2D eigenvalue weighted by molar-refractivity contribution is 0.249. The Balaban J connectivity index is 0.00000117. The molecule has 7 nitrogen and oxygen atoms in total. The number of nitrogens with one attached hydrogen (secondary N) is 1. The van der Waals surface area contributed by atoms with Gasteiger partial charge in [-0.25, -0.2) is 19.3 Å². The van der Waals surface area contributed by atoms with Crippen LogP contribution in [-0.2, 0) is 6.54 Å². The van der Waals surface area contributed by atoms with Crippen molar-refractivity contribution in [1.29, 1.82) is 0 Å². The number of hydrogen-bond acceptors (Lipinski definition) is 7. The van der Waals surface area contributed by atoms with Gasteiger partial charge >= 0.3 is 0 Å². The Morgan fingerprint density at radius 3 is 2.52 bits per heavy atom. The summed E-state index contributed by atoms with van der Waals surface area (Å²) in [7, 11) is 1.77. The lowest BCUT2D eigenvalue weighted by Crippen LogP contribution is -2.46. The van der Waals surface area contributed by atoms with Crippen molar-refractivity contribution in [1.82, 2.24) is 19.9 Å². The number of nitrogens with zero attached hydrogens (tertiary/aromatic N) is 5. The smallest absolute Gasteiger partial charge is 0.172 e. The summed E-state index contributed by atoms with van der Waals surface area (Å²) >= 11 is 0. The molecule has 3 N–H and O–H groups in total. The van der Waals surface area contributed by atoms with E-state index in [-0.39, 0.29) is 5.82 Å². The summed E-state index contributed by atoms with van der Waals surface area (Å²) in [4.78, 5) is 16.7. The molecule has 2 aromatic heterocycles. The van der Waals surface area contributed by atoms with Crippen molar-refractivity contribution < 1.29 is 4.39 Å². The molecule has 3 aromatic rings. The Morgan fingerprint density at radius 1 is 1.07 bits per heavy atom. The van der Waals surface area contributed by atoms with Crippen LogP contribution in [0.4, 0.5) is 21.7 Å². The number of nitrogen functional groups attached to an aromatic ring is 1. The number of piperazine rings is 1. The van der Waals surface area contributed by atoms with Crippen molar-refractivity contribution in [3.63, 3.8) is 0 Å². The zero-order valence-corrected chi connectivity index (χ0v) is 17.2. The van der Waals surface area contributed by atoms with Gasteiger partial charge in [0.05, 0.1) is 5.69 Å². The van der Waals surface area contributed by atoms with E-state index in [4.69, 9.17) is 5.73 Å². The summed E-state index contributed by atoms with van der Waals surface area (Å²) in [6, 6.07) is 7.58. The van der Waals surface area contributed by atoms with Crippen LogP contribution < -0.4 is 16.0 Å². The summed E-state index contributed by atoms with van der Waals surface area (Å²) in [5, 5.41) is 3.67. The van der Waals surface area contributed by atoms with E-state index in [1.807, 2.05) is 38.1 Å². The molecule has 3 heterocycles. The first-order chi connectivity index (χ1) is 14.2. The molecule has 29 heavy (non-hydrogen) atoms. The molecule has 1 fully saturated rings. The van der Waals surface area contributed by atoms with Crippen LogP contribution in [0.5, 0.6) is 0 Å². The molecule has 0 saturated carbocycles. The van der Waals surface area contributed by atoms with Gasteiger partial charge < -0.3 is 16.0 Å². The van der Waals surface area contributed by atoms with Gasteiger partial charge in [0.15, 0.2) is 5.82 Å². The van der Waals surface area contributed by atoms with Crippen LogP contribution in [0.15, 0.2) is 36.8 Å². The van der Waals surface area contributed by atoms with Gasteiger partial charge in [-0.2, -0.15) is 0 Å². The highest BCUT2D eigenvalue weighted by Gasteiger charge is 2.21. The van der Waals surface area contributed by atoms with E-state index in [1.54, 1.807) is 13.2 Å². The van der Waals surface area contributed by atoms with E-state index in [0.717, 1.165) is 38.3 Å². The number of fused-ring (bicyclic) bond motifs is 1. The van der Waals surface area contributed by atoms with Crippen LogP contribution in [0.25, 0.3) is 10.9 Å². The minimum absolute atomic E-state index is 0.290. The molecule has 154 valence electrons. The minimum atomic E-state index is -0.290. The van der Waals surface area contributed by atoms with Crippen molar-refractivity contribution in [3.05, 3.63) is 48.2 Å². The van der Waals surface area contributed by atoms with Gasteiger partial charge in [0, 0.05) is 51.4 Å². The third kappa shape index (κ3) is 4.54. The van der Waals surface area contributed by atoms with Crippen molar-refractivity contribution in [2.24, 2.45) is 0 Å². The quantitative estimate of drug-likeness (QED) is 0.700. The summed E-state index contributed by atoms with van der Waals surface area (Å²) < 4.78 is 15.1. The number of hydrogen-bond donors (Lipinski definition) is 2. The van der Waals surface area contributed by atoms with Crippen molar-refractivity contribution in [3.8, 4) is 0 Å². The average molecular weight is 398 g/mol. The summed E-state index contributed by atoms with van der Waals surface area (Å²) in [6.07, 6.45) is 3.12. The van der Waals surface area contributed by atoms with E-state index in [2.05, 4.69) is 30.1 Å². The fourth-order valence-corrected chi connectivity index (χ4v) is 3.53. The Bertz CT molecular complexity index is 955. The zero-order valence-electron chi connectivity index (χ0n) is 17.2. The topological polar surface area (TPSA) is 83.2 Å². The second-order valence-corrected chi connectivity index (χ2v) is 6.62. The molecular weight excluding hydrogens is 369 g/mol. The number of aromatic nitrogens is 3. The Hall–Kier alpha value is -3.00. The Labute approximate surface area is 170 Å². The third-order valence-corrected chi connectivity index (χ3v) is 4.93. The molecule has 1 aromatic carbocycles. The molecule has 0 radical (unpaired) electrons. The monoisotopic (exact) mass is 397 g/mol. The molecule has 8 heteroatoms. The average Bonchev–Trinajstić information content (AvgIpc) is 2.76. The van der Waals surface area contributed by atoms with E-state index in [0.29, 0.717) is 28.2 Å². The highest BCUT2D eigenvalue weighted by molar-refractivity contribution is 5.91. The lowest BCUT2D eigenvalue weighted by atomic mass is 10.1. The standard InChI is InChI=1S/C19H22FN7.C2H6/c1-22-19-14-2-3-15(17(20)18(14)24-12-25-19)27-8-6-26(7-9-27)11-13-4-5-23-16(21)10-13;1-2/h2-5,10,12H,6-9,11H2,1H3,(H2,21,23)(H,22,24,25);1-2H3.